The van der Waals surface area contributed by atoms with E-state index in [2.05, 4.69) is 59.1 Å². The van der Waals surface area contributed by atoms with Crippen LogP contribution in [0, 0.1) is 0 Å². The zero-order valence-electron chi connectivity index (χ0n) is 47.2. The molecular weight excluding hydrogens is 835 g/mol. The predicted octanol–water partition coefficient (Wildman–Crippen LogP) is 16.7. The Kier molecular flexibility index (Phi) is 48.7. The van der Waals surface area contributed by atoms with Gasteiger partial charge in [-0.25, -0.2) is 0 Å². The highest BCUT2D eigenvalue weighted by atomic mass is 16.2. The topological polar surface area (TPSA) is 50.3 Å². The van der Waals surface area contributed by atoms with E-state index in [1.54, 1.807) is 0 Å². The minimum Gasteiger partial charge on any atom is -0.339 e. The fraction of sp³-hybridized carbons (Fsp3) is 0.967. The van der Waals surface area contributed by atoms with Gasteiger partial charge in [0.2, 0.25) is 5.91 Å². The number of unbranched alkanes of at least 4 members (excludes halogenated alkanes) is 36. The molecule has 0 radical (unpaired) electrons. The number of hydrogen-bond acceptors (Lipinski definition) is 6. The molecule has 1 fully saturated rings. The number of rotatable bonds is 54. The van der Waals surface area contributed by atoms with Crippen LogP contribution >= 0.6 is 0 Å². The van der Waals surface area contributed by atoms with E-state index in [1.807, 2.05) is 0 Å². The zero-order chi connectivity index (χ0) is 49.2. The molecule has 68 heavy (non-hydrogen) atoms. The summed E-state index contributed by atoms with van der Waals surface area (Å²) in [7, 11) is 0. The third kappa shape index (κ3) is 38.6. The molecule has 0 unspecified atom stereocenters. The Morgan fingerprint density at radius 1 is 0.353 bits per heavy atom. The Balaban J connectivity index is 2.86. The van der Waals surface area contributed by atoms with Gasteiger partial charge >= 0.3 is 0 Å². The second kappa shape index (κ2) is 50.9. The van der Waals surface area contributed by atoms with Crippen molar-refractivity contribution in [1.29, 1.82) is 0 Å². The van der Waals surface area contributed by atoms with Crippen molar-refractivity contribution >= 4 is 12.2 Å². The van der Waals surface area contributed by atoms with Crippen molar-refractivity contribution in [3.05, 3.63) is 0 Å². The number of nitrogens with zero attached hydrogens (tertiary/aromatic N) is 5. The van der Waals surface area contributed by atoms with E-state index in [1.165, 1.54) is 283 Å². The van der Waals surface area contributed by atoms with Crippen molar-refractivity contribution in [2.75, 3.05) is 78.5 Å². The number of aldehydes is 1. The van der Waals surface area contributed by atoms with E-state index in [9.17, 15) is 9.59 Å². The predicted molar refractivity (Wildman–Crippen MR) is 300 cm³/mol. The molecule has 0 spiro atoms. The van der Waals surface area contributed by atoms with Gasteiger partial charge in [-0.2, -0.15) is 0 Å². The van der Waals surface area contributed by atoms with Crippen LogP contribution in [0.1, 0.15) is 298 Å². The Morgan fingerprint density at radius 3 is 0.926 bits per heavy atom. The minimum atomic E-state index is -0.170. The monoisotopic (exact) mass is 958 g/mol. The van der Waals surface area contributed by atoms with E-state index in [0.29, 0.717) is 12.5 Å². The molecule has 1 saturated heterocycles. The molecular formula is C61H123N5O2. The van der Waals surface area contributed by atoms with E-state index in [-0.39, 0.29) is 6.17 Å². The normalized spacial score (nSPS) is 14.0. The van der Waals surface area contributed by atoms with Crippen LogP contribution in [0.4, 0.5) is 0 Å². The molecule has 0 aromatic heterocycles. The first-order chi connectivity index (χ1) is 33.5. The van der Waals surface area contributed by atoms with Crippen LogP contribution in [0.25, 0.3) is 0 Å². The molecule has 0 aromatic carbocycles. The van der Waals surface area contributed by atoms with Crippen LogP contribution in [-0.4, -0.2) is 121 Å². The molecule has 1 aliphatic rings. The molecule has 0 aromatic rings. The van der Waals surface area contributed by atoms with Gasteiger partial charge in [0.15, 0.2) is 6.29 Å². The summed E-state index contributed by atoms with van der Waals surface area (Å²) < 4.78 is 0. The molecule has 1 atom stereocenters. The SMILES string of the molecule is CCCCCCCCCCCCN(CCCCCCCCCCCC)[C@H](C=O)N1CCN(C(=O)CN(CCCCCCCCC)CCN(CCCCCCCCC)CCCCCCCCC)CC1. The largest absolute Gasteiger partial charge is 0.339 e. The first-order valence-corrected chi connectivity index (χ1v) is 31.2. The van der Waals surface area contributed by atoms with Gasteiger partial charge < -0.3 is 14.6 Å². The van der Waals surface area contributed by atoms with Crippen LogP contribution in [0.15, 0.2) is 0 Å². The molecule has 1 rings (SSSR count). The highest BCUT2D eigenvalue weighted by Crippen LogP contribution is 2.18. The van der Waals surface area contributed by atoms with Gasteiger partial charge in [-0.05, 0) is 51.7 Å². The molecule has 0 N–H and O–H groups in total. The Hall–Kier alpha value is -1.02. The van der Waals surface area contributed by atoms with E-state index in [4.69, 9.17) is 0 Å². The lowest BCUT2D eigenvalue weighted by molar-refractivity contribution is -0.136. The van der Waals surface area contributed by atoms with Crippen LogP contribution in [0.2, 0.25) is 0 Å². The highest BCUT2D eigenvalue weighted by Gasteiger charge is 2.30. The zero-order valence-corrected chi connectivity index (χ0v) is 47.2. The second-order valence-corrected chi connectivity index (χ2v) is 21.8. The van der Waals surface area contributed by atoms with Crippen LogP contribution in [-0.2, 0) is 9.59 Å². The Morgan fingerprint density at radius 2 is 0.618 bits per heavy atom. The van der Waals surface area contributed by atoms with Gasteiger partial charge in [-0.1, -0.05) is 266 Å². The standard InChI is InChI=1S/C61H123N5O2/c1-6-11-16-21-26-28-30-35-40-45-50-64(51-46-41-36-31-29-27-22-17-12-7-2)60(59-67)65-54-56-66(57-55-65)61(68)58-63(49-44-39-34-25-20-15-10-5)53-52-62(47-42-37-32-23-18-13-8-3)48-43-38-33-24-19-14-9-4/h59-60H,6-58H2,1-5H3/t60-/m0/s1. The quantitative estimate of drug-likeness (QED) is 0.0447. The van der Waals surface area contributed by atoms with E-state index < -0.39 is 0 Å². The lowest BCUT2D eigenvalue weighted by Gasteiger charge is -2.42. The van der Waals surface area contributed by atoms with Crippen molar-refractivity contribution in [1.82, 2.24) is 24.5 Å². The van der Waals surface area contributed by atoms with Gasteiger partial charge in [0.25, 0.3) is 0 Å². The van der Waals surface area contributed by atoms with E-state index in [0.717, 1.165) is 58.9 Å². The van der Waals surface area contributed by atoms with Gasteiger partial charge in [0.1, 0.15) is 6.17 Å². The van der Waals surface area contributed by atoms with E-state index >= 15 is 0 Å². The summed E-state index contributed by atoms with van der Waals surface area (Å²) in [4.78, 5) is 39.5. The summed E-state index contributed by atoms with van der Waals surface area (Å²) in [5, 5.41) is 0. The van der Waals surface area contributed by atoms with Gasteiger partial charge in [-0.3, -0.25) is 19.5 Å². The molecule has 404 valence electrons. The van der Waals surface area contributed by atoms with Crippen molar-refractivity contribution in [2.24, 2.45) is 0 Å². The fourth-order valence-corrected chi connectivity index (χ4v) is 10.7. The third-order valence-corrected chi connectivity index (χ3v) is 15.5. The molecule has 7 heteroatoms. The van der Waals surface area contributed by atoms with Crippen LogP contribution < -0.4 is 0 Å². The summed E-state index contributed by atoms with van der Waals surface area (Å²) in [6.45, 7) is 22.7. The van der Waals surface area contributed by atoms with Crippen LogP contribution in [0.3, 0.4) is 0 Å². The summed E-state index contributed by atoms with van der Waals surface area (Å²) >= 11 is 0. The van der Waals surface area contributed by atoms with Crippen molar-refractivity contribution in [3.8, 4) is 0 Å². The number of carbonyl (C=O) groups excluding carboxylic acids is 2. The maximum Gasteiger partial charge on any atom is 0.236 e. The fourth-order valence-electron chi connectivity index (χ4n) is 10.7. The number of piperazine rings is 1. The smallest absolute Gasteiger partial charge is 0.236 e. The van der Waals surface area contributed by atoms with Crippen molar-refractivity contribution in [2.45, 2.75) is 304 Å². The van der Waals surface area contributed by atoms with Gasteiger partial charge in [0.05, 0.1) is 6.54 Å². The van der Waals surface area contributed by atoms with Gasteiger partial charge in [-0.15, -0.1) is 0 Å². The first kappa shape index (κ1) is 65.0. The number of hydrogen-bond donors (Lipinski definition) is 0. The molecule has 1 aliphatic heterocycles. The lowest BCUT2D eigenvalue weighted by Crippen LogP contribution is -2.58. The summed E-state index contributed by atoms with van der Waals surface area (Å²) in [6.07, 6.45) is 56.0. The average molecular weight is 959 g/mol. The summed E-state index contributed by atoms with van der Waals surface area (Å²) in [6, 6.07) is 0. The number of amides is 1. The van der Waals surface area contributed by atoms with Crippen LogP contribution in [0.5, 0.6) is 0 Å². The first-order valence-electron chi connectivity index (χ1n) is 31.2. The third-order valence-electron chi connectivity index (χ3n) is 15.5. The van der Waals surface area contributed by atoms with Crippen molar-refractivity contribution in [3.63, 3.8) is 0 Å². The summed E-state index contributed by atoms with van der Waals surface area (Å²) in [5.41, 5.74) is 0. The molecule has 0 aliphatic carbocycles. The highest BCUT2D eigenvalue weighted by molar-refractivity contribution is 5.78. The molecule has 0 bridgehead atoms. The maximum absolute atomic E-state index is 14.2. The second-order valence-electron chi connectivity index (χ2n) is 21.8. The molecule has 7 nitrogen and oxygen atoms in total. The maximum atomic E-state index is 14.2. The molecule has 0 saturated carbocycles. The molecule has 1 amide bonds. The molecule has 1 heterocycles. The lowest BCUT2D eigenvalue weighted by atomic mass is 10.1. The number of carbonyl (C=O) groups is 2. The minimum absolute atomic E-state index is 0.170. The summed E-state index contributed by atoms with van der Waals surface area (Å²) in [5.74, 6) is 0.300. The Labute approximate surface area is 427 Å². The van der Waals surface area contributed by atoms with Gasteiger partial charge in [0, 0.05) is 52.4 Å². The average Bonchev–Trinajstić information content (AvgIpc) is 3.35. The Bertz CT molecular complexity index is 994. The van der Waals surface area contributed by atoms with Crippen molar-refractivity contribution < 1.29 is 9.59 Å².